The van der Waals surface area contributed by atoms with Crippen LogP contribution in [0.4, 0.5) is 0 Å². The van der Waals surface area contributed by atoms with Gasteiger partial charge in [0, 0.05) is 5.88 Å². The molecule has 0 aliphatic rings. The van der Waals surface area contributed by atoms with Crippen molar-refractivity contribution in [3.8, 4) is 0 Å². The number of hydrogen-bond donors (Lipinski definition) is 2. The van der Waals surface area contributed by atoms with Gasteiger partial charge < -0.3 is 11.5 Å². The molecule has 0 aromatic rings. The molecular weight excluding hydrogens is 255 g/mol. The van der Waals surface area contributed by atoms with E-state index >= 15 is 0 Å². The number of nitrogens with two attached hydrogens (primary N) is 2. The summed E-state index contributed by atoms with van der Waals surface area (Å²) in [5, 5.41) is 0. The van der Waals surface area contributed by atoms with E-state index < -0.39 is 0 Å². The second-order valence-corrected chi connectivity index (χ2v) is 4.06. The Kier molecular flexibility index (Phi) is 55.3. The maximum atomic E-state index is 5.38. The number of halogens is 2. The van der Waals surface area contributed by atoms with E-state index in [0.29, 0.717) is 0 Å². The number of rotatable bonds is 7. The molecule has 0 unspecified atom stereocenters. The van der Waals surface area contributed by atoms with Gasteiger partial charge in [0.15, 0.2) is 0 Å². The molecule has 2 nitrogen and oxygen atoms in total. The number of alkyl halides is 1. The van der Waals surface area contributed by atoms with E-state index in [1.807, 2.05) is 0 Å². The second kappa shape index (κ2) is 36.0. The van der Waals surface area contributed by atoms with Gasteiger partial charge in [0.2, 0.25) is 0 Å². The minimum atomic E-state index is 0. The first-order valence-corrected chi connectivity index (χ1v) is 7.24. The molecule has 4 N–H and O–H groups in total. The van der Waals surface area contributed by atoms with Crippen molar-refractivity contribution in [2.45, 2.75) is 65.7 Å². The number of hydrogen-bond acceptors (Lipinski definition) is 2. The van der Waals surface area contributed by atoms with Crippen molar-refractivity contribution in [2.75, 3.05) is 19.0 Å². The zero-order valence-corrected chi connectivity index (χ0v) is 13.6. The van der Waals surface area contributed by atoms with Crippen molar-refractivity contribution in [3.63, 3.8) is 0 Å². The molecule has 0 atom stereocenters. The maximum Gasteiger partial charge on any atom is 0.0223 e. The predicted octanol–water partition coefficient (Wildman–Crippen LogP) is 4.33. The van der Waals surface area contributed by atoms with Crippen molar-refractivity contribution in [2.24, 2.45) is 11.5 Å². The summed E-state index contributed by atoms with van der Waals surface area (Å²) in [6.45, 7) is 8.12. The highest BCUT2D eigenvalue weighted by Crippen LogP contribution is 1.93. The Bertz CT molecular complexity index is 69.8. The zero-order chi connectivity index (χ0) is 13.1. The number of unbranched alkanes of at least 4 members (excludes halogenated alkanes) is 4. The Hall–Kier alpha value is 0.500. The molecule has 4 heteroatoms. The molecule has 0 radical (unpaired) electrons. The molecule has 0 fully saturated rings. The van der Waals surface area contributed by atoms with E-state index in [2.05, 4.69) is 20.8 Å². The van der Waals surface area contributed by atoms with Gasteiger partial charge in [-0.1, -0.05) is 46.5 Å². The van der Waals surface area contributed by atoms with E-state index in [-0.39, 0.29) is 12.4 Å². The molecule has 0 aromatic carbocycles. The summed E-state index contributed by atoms with van der Waals surface area (Å²) in [6.07, 6.45) is 8.50. The first-order chi connectivity index (χ1) is 7.74. The van der Waals surface area contributed by atoms with Crippen molar-refractivity contribution < 1.29 is 0 Å². The van der Waals surface area contributed by atoms with E-state index in [0.717, 1.165) is 19.0 Å². The molecule has 17 heavy (non-hydrogen) atoms. The van der Waals surface area contributed by atoms with Gasteiger partial charge in [-0.15, -0.1) is 24.0 Å². The van der Waals surface area contributed by atoms with Crippen LogP contribution >= 0.6 is 24.0 Å². The average Bonchev–Trinajstić information content (AvgIpc) is 2.30. The summed E-state index contributed by atoms with van der Waals surface area (Å²) in [5.74, 6) is 0.827. The van der Waals surface area contributed by atoms with Gasteiger partial charge in [0.25, 0.3) is 0 Å². The van der Waals surface area contributed by atoms with Gasteiger partial charge in [0.1, 0.15) is 0 Å². The van der Waals surface area contributed by atoms with Crippen molar-refractivity contribution in [1.29, 1.82) is 0 Å². The van der Waals surface area contributed by atoms with Crippen LogP contribution in [0.2, 0.25) is 0 Å². The fourth-order valence-electron chi connectivity index (χ4n) is 0.753. The Balaban J connectivity index is -0.0000000729. The SMILES string of the molecule is CCCCCCl.CCCCN.CCCCN.Cl. The summed E-state index contributed by atoms with van der Waals surface area (Å²) >= 11 is 5.38. The molecule has 0 rings (SSSR count). The first kappa shape index (κ1) is 26.1. The molecule has 0 aliphatic carbocycles. The Morgan fingerprint density at radius 1 is 0.706 bits per heavy atom. The molecule has 0 amide bonds. The minimum absolute atomic E-state index is 0. The van der Waals surface area contributed by atoms with Gasteiger partial charge in [-0.2, -0.15) is 0 Å². The normalized spacial score (nSPS) is 8.12. The highest BCUT2D eigenvalue weighted by molar-refractivity contribution is 6.17. The summed E-state index contributed by atoms with van der Waals surface area (Å²) in [7, 11) is 0. The standard InChI is InChI=1S/C5H11Cl.2C4H11N.ClH/c1-2-3-4-5-6;2*1-2-3-4-5;/h2-5H2,1H3;2*2-5H2,1H3;1H. The molecule has 0 bridgehead atoms. The zero-order valence-electron chi connectivity index (χ0n) is 12.0. The van der Waals surface area contributed by atoms with Crippen LogP contribution in [0, 0.1) is 0 Å². The van der Waals surface area contributed by atoms with Crippen LogP contribution in [0.5, 0.6) is 0 Å². The largest absolute Gasteiger partial charge is 0.330 e. The van der Waals surface area contributed by atoms with E-state index in [1.54, 1.807) is 0 Å². The van der Waals surface area contributed by atoms with Crippen LogP contribution in [-0.4, -0.2) is 19.0 Å². The first-order valence-electron chi connectivity index (χ1n) is 6.71. The molecule has 110 valence electrons. The van der Waals surface area contributed by atoms with Gasteiger partial charge >= 0.3 is 0 Å². The van der Waals surface area contributed by atoms with Crippen LogP contribution in [0.3, 0.4) is 0 Å². The van der Waals surface area contributed by atoms with E-state index in [1.165, 1.54) is 44.9 Å². The lowest BCUT2D eigenvalue weighted by molar-refractivity contribution is 0.776. The highest BCUT2D eigenvalue weighted by atomic mass is 35.5. The summed E-state index contributed by atoms with van der Waals surface area (Å²) < 4.78 is 0. The van der Waals surface area contributed by atoms with Crippen molar-refractivity contribution in [1.82, 2.24) is 0 Å². The molecule has 0 spiro atoms. The molecule has 0 saturated carbocycles. The van der Waals surface area contributed by atoms with Crippen LogP contribution in [0.15, 0.2) is 0 Å². The topological polar surface area (TPSA) is 52.0 Å². The lowest BCUT2D eigenvalue weighted by atomic mass is 10.3. The Morgan fingerprint density at radius 2 is 1.06 bits per heavy atom. The van der Waals surface area contributed by atoms with Crippen LogP contribution < -0.4 is 11.5 Å². The smallest absolute Gasteiger partial charge is 0.0223 e. The predicted molar refractivity (Wildman–Crippen MR) is 85.4 cm³/mol. The van der Waals surface area contributed by atoms with Crippen LogP contribution in [0.25, 0.3) is 0 Å². The quantitative estimate of drug-likeness (QED) is 0.541. The monoisotopic (exact) mass is 288 g/mol. The lowest BCUT2D eigenvalue weighted by Crippen LogP contribution is -1.95. The third-order valence-corrected chi connectivity index (χ3v) is 2.12. The molecule has 0 heterocycles. The maximum absolute atomic E-state index is 5.38. The fourth-order valence-corrected chi connectivity index (χ4v) is 0.942. The van der Waals surface area contributed by atoms with E-state index in [9.17, 15) is 0 Å². The second-order valence-electron chi connectivity index (χ2n) is 3.68. The average molecular weight is 289 g/mol. The highest BCUT2D eigenvalue weighted by Gasteiger charge is 1.76. The van der Waals surface area contributed by atoms with Crippen LogP contribution in [-0.2, 0) is 0 Å². The van der Waals surface area contributed by atoms with Gasteiger partial charge in [-0.05, 0) is 32.4 Å². The van der Waals surface area contributed by atoms with Gasteiger partial charge in [0.05, 0.1) is 0 Å². The lowest BCUT2D eigenvalue weighted by Gasteiger charge is -1.84. The minimum Gasteiger partial charge on any atom is -0.330 e. The molecule has 0 saturated heterocycles. The van der Waals surface area contributed by atoms with Gasteiger partial charge in [-0.25, -0.2) is 0 Å². The Morgan fingerprint density at radius 3 is 1.12 bits per heavy atom. The van der Waals surface area contributed by atoms with Crippen molar-refractivity contribution in [3.05, 3.63) is 0 Å². The molecule has 0 aliphatic heterocycles. The summed E-state index contributed by atoms with van der Waals surface area (Å²) in [5.41, 5.74) is 10.3. The summed E-state index contributed by atoms with van der Waals surface area (Å²) in [6, 6.07) is 0. The molecule has 0 aromatic heterocycles. The third kappa shape index (κ3) is 61.7. The Labute approximate surface area is 120 Å². The molecular formula is C13H34Cl2N2. The van der Waals surface area contributed by atoms with Crippen LogP contribution in [0.1, 0.15) is 65.7 Å². The summed E-state index contributed by atoms with van der Waals surface area (Å²) in [4.78, 5) is 0. The van der Waals surface area contributed by atoms with Crippen molar-refractivity contribution >= 4 is 24.0 Å². The van der Waals surface area contributed by atoms with Gasteiger partial charge in [-0.3, -0.25) is 0 Å². The third-order valence-electron chi connectivity index (χ3n) is 1.85. The fraction of sp³-hybridized carbons (Fsp3) is 1.00. The van der Waals surface area contributed by atoms with E-state index in [4.69, 9.17) is 23.1 Å².